The third-order valence-electron chi connectivity index (χ3n) is 8.45. The predicted molar refractivity (Wildman–Crippen MR) is 173 cm³/mol. The summed E-state index contributed by atoms with van der Waals surface area (Å²) in [6.45, 7) is 9.79. The van der Waals surface area contributed by atoms with E-state index in [-0.39, 0.29) is 28.3 Å². The second-order valence-electron chi connectivity index (χ2n) is 11.4. The number of benzene rings is 2. The number of carbonyl (C=O) groups is 1. The van der Waals surface area contributed by atoms with Gasteiger partial charge in [-0.3, -0.25) is 19.6 Å². The van der Waals surface area contributed by atoms with Gasteiger partial charge in [-0.1, -0.05) is 47.0 Å². The highest BCUT2D eigenvalue weighted by atomic mass is 19.1. The van der Waals surface area contributed by atoms with Crippen LogP contribution in [0.15, 0.2) is 53.8 Å². The van der Waals surface area contributed by atoms with E-state index in [4.69, 9.17) is 4.74 Å². The van der Waals surface area contributed by atoms with Crippen molar-refractivity contribution in [2.45, 2.75) is 65.7 Å². The van der Waals surface area contributed by atoms with E-state index in [9.17, 15) is 14.9 Å². The molecule has 1 amide bonds. The van der Waals surface area contributed by atoms with Crippen LogP contribution in [0.4, 0.5) is 10.1 Å². The summed E-state index contributed by atoms with van der Waals surface area (Å²) >= 11 is 0. The van der Waals surface area contributed by atoms with Gasteiger partial charge >= 0.3 is 0 Å². The molecule has 2 aromatic carbocycles. The quantitative estimate of drug-likeness (QED) is 0.194. The number of fused-ring (bicyclic) bond motifs is 2. The Kier molecular flexibility index (Phi) is 9.77. The second kappa shape index (κ2) is 13.9. The van der Waals surface area contributed by atoms with Crippen molar-refractivity contribution in [1.82, 2.24) is 19.9 Å². The minimum Gasteiger partial charge on any atom is -0.451 e. The summed E-state index contributed by atoms with van der Waals surface area (Å²) in [4.78, 5) is 37.6. The molecule has 0 radical (unpaired) electrons. The molecule has 1 fully saturated rings. The number of nitriles is 1. The summed E-state index contributed by atoms with van der Waals surface area (Å²) in [5, 5.41) is 12.5. The lowest BCUT2D eigenvalue weighted by Crippen LogP contribution is -2.32. The van der Waals surface area contributed by atoms with Crippen LogP contribution in [0.2, 0.25) is 0 Å². The zero-order chi connectivity index (χ0) is 32.1. The zero-order valence-electron chi connectivity index (χ0n) is 26.3. The van der Waals surface area contributed by atoms with Crippen LogP contribution in [-0.4, -0.2) is 40.1 Å². The highest BCUT2D eigenvalue weighted by Crippen LogP contribution is 2.48. The average molecular weight is 611 g/mol. The minimum atomic E-state index is -0.606. The van der Waals surface area contributed by atoms with E-state index in [1.807, 2.05) is 18.7 Å². The smallest absolute Gasteiger partial charge is 0.256 e. The first-order chi connectivity index (χ1) is 21.9. The zero-order valence-corrected chi connectivity index (χ0v) is 26.3. The van der Waals surface area contributed by atoms with Crippen molar-refractivity contribution in [3.05, 3.63) is 81.9 Å². The first-order valence-corrected chi connectivity index (χ1v) is 15.8. The van der Waals surface area contributed by atoms with Gasteiger partial charge < -0.3 is 19.5 Å². The third kappa shape index (κ3) is 6.25. The largest absolute Gasteiger partial charge is 0.451 e. The van der Waals surface area contributed by atoms with Gasteiger partial charge in [0.05, 0.1) is 28.4 Å². The number of nitrogens with one attached hydrogen (secondary N) is 1. The molecule has 0 aliphatic carbocycles. The molecule has 45 heavy (non-hydrogen) atoms. The van der Waals surface area contributed by atoms with E-state index in [0.717, 1.165) is 37.8 Å². The Morgan fingerprint density at radius 3 is 2.80 bits per heavy atom. The van der Waals surface area contributed by atoms with Crippen LogP contribution < -0.4 is 20.4 Å². The van der Waals surface area contributed by atoms with Crippen molar-refractivity contribution < 1.29 is 13.9 Å². The fraction of sp³-hybridized carbons (Fsp3) is 0.400. The first kappa shape index (κ1) is 31.6. The van der Waals surface area contributed by atoms with E-state index >= 15 is 4.39 Å². The Morgan fingerprint density at radius 2 is 2.07 bits per heavy atom. The highest BCUT2D eigenvalue weighted by Gasteiger charge is 2.34. The molecular formula is C35H39FN6O3. The number of pyridine rings is 1. The lowest BCUT2D eigenvalue weighted by atomic mass is 10.0. The topological polar surface area (TPSA) is 113 Å². The third-order valence-corrected chi connectivity index (χ3v) is 8.45. The van der Waals surface area contributed by atoms with Crippen molar-refractivity contribution in [3.8, 4) is 23.3 Å². The van der Waals surface area contributed by atoms with Gasteiger partial charge in [0.1, 0.15) is 16.8 Å². The molecule has 4 aromatic rings. The van der Waals surface area contributed by atoms with Crippen LogP contribution >= 0.6 is 0 Å². The molecule has 2 aliphatic heterocycles. The number of nitrogens with zero attached hydrogens (tertiary/aromatic N) is 5. The van der Waals surface area contributed by atoms with Crippen molar-refractivity contribution in [3.63, 3.8) is 0 Å². The number of amides is 1. The molecule has 0 saturated carbocycles. The molecule has 4 heterocycles. The predicted octanol–water partition coefficient (Wildman–Crippen LogP) is 6.86. The Balaban J connectivity index is 0.00000196. The first-order valence-electron chi connectivity index (χ1n) is 15.8. The number of hydrogen-bond donors (Lipinski definition) is 1. The van der Waals surface area contributed by atoms with E-state index in [0.29, 0.717) is 48.1 Å². The fourth-order valence-electron chi connectivity index (χ4n) is 6.08. The Hall–Kier alpha value is -4.78. The number of hydrogen-bond acceptors (Lipinski definition) is 7. The molecule has 2 aromatic heterocycles. The molecule has 234 valence electrons. The van der Waals surface area contributed by atoms with Crippen LogP contribution in [0, 0.1) is 23.1 Å². The maximum atomic E-state index is 16.1. The maximum Gasteiger partial charge on any atom is 0.256 e. The van der Waals surface area contributed by atoms with Gasteiger partial charge in [0.2, 0.25) is 5.43 Å². The molecule has 10 heteroatoms. The van der Waals surface area contributed by atoms with E-state index in [2.05, 4.69) is 35.2 Å². The van der Waals surface area contributed by atoms with E-state index in [1.54, 1.807) is 41.4 Å². The summed E-state index contributed by atoms with van der Waals surface area (Å²) in [7, 11) is 0. The van der Waals surface area contributed by atoms with Crippen molar-refractivity contribution >= 4 is 22.5 Å². The number of rotatable bonds is 9. The molecule has 1 N–H and O–H groups in total. The maximum absolute atomic E-state index is 16.1. The van der Waals surface area contributed by atoms with Crippen molar-refractivity contribution in [2.75, 3.05) is 24.5 Å². The molecule has 2 aliphatic rings. The molecule has 9 nitrogen and oxygen atoms in total. The molecule has 2 unspecified atom stereocenters. The number of carbonyl (C=O) groups excluding carboxylic acids is 1. The Labute approximate surface area is 262 Å². The molecular weight excluding hydrogens is 571 g/mol. The monoisotopic (exact) mass is 610 g/mol. The molecule has 0 spiro atoms. The van der Waals surface area contributed by atoms with Crippen LogP contribution in [0.3, 0.4) is 0 Å². The van der Waals surface area contributed by atoms with Gasteiger partial charge in [-0.15, -0.1) is 0 Å². The summed E-state index contributed by atoms with van der Waals surface area (Å²) in [5.74, 6) is -0.0137. The number of aromatic nitrogens is 3. The molecule has 6 rings (SSSR count). The Morgan fingerprint density at radius 1 is 1.24 bits per heavy atom. The van der Waals surface area contributed by atoms with Crippen LogP contribution in [0.5, 0.6) is 11.5 Å². The molecule has 0 bridgehead atoms. The summed E-state index contributed by atoms with van der Waals surface area (Å²) in [5.41, 5.74) is 1.66. The van der Waals surface area contributed by atoms with Gasteiger partial charge in [0.15, 0.2) is 17.3 Å². The van der Waals surface area contributed by atoms with Crippen LogP contribution in [0.25, 0.3) is 16.6 Å². The second-order valence-corrected chi connectivity index (χ2v) is 11.4. The summed E-state index contributed by atoms with van der Waals surface area (Å²) < 4.78 is 24.1. The van der Waals surface area contributed by atoms with Gasteiger partial charge in [-0.2, -0.15) is 5.26 Å². The minimum absolute atomic E-state index is 0.0397. The highest BCUT2D eigenvalue weighted by molar-refractivity contribution is 6.01. The number of anilines is 1. The van der Waals surface area contributed by atoms with Gasteiger partial charge in [-0.05, 0) is 43.0 Å². The lowest BCUT2D eigenvalue weighted by Gasteiger charge is -2.29. The van der Waals surface area contributed by atoms with E-state index < -0.39 is 17.2 Å². The average Bonchev–Trinajstić information content (AvgIpc) is 3.55. The lowest BCUT2D eigenvalue weighted by molar-refractivity contribution is 0.0950. The van der Waals surface area contributed by atoms with Gasteiger partial charge in [-0.25, -0.2) is 4.39 Å². The van der Waals surface area contributed by atoms with Crippen molar-refractivity contribution in [2.24, 2.45) is 5.92 Å². The standard InChI is InChI=1S/C33H33FN6O3.C2H6/c1-3-4-5-20(2)8-10-38-33(42)24-19-40-27-14-21(16-35)6-7-28(27)43-32-29(40)23(31(24)41)15-25(34)30(32)39-13-9-22(18-39)26-17-36-11-12-37-26;1-2/h6-7,11-12,14-15,17,19-20,22H,3-5,8-10,13,18H2,1-2H3,(H,38,42);1-2H3. The summed E-state index contributed by atoms with van der Waals surface area (Å²) in [6.07, 6.45) is 11.3. The number of unbranched alkanes of at least 4 members (excludes halogenated alkanes) is 1. The van der Waals surface area contributed by atoms with E-state index in [1.165, 1.54) is 12.3 Å². The molecule has 2 atom stereocenters. The van der Waals surface area contributed by atoms with Crippen LogP contribution in [0.1, 0.15) is 87.3 Å². The van der Waals surface area contributed by atoms with Crippen molar-refractivity contribution in [1.29, 1.82) is 5.26 Å². The summed E-state index contributed by atoms with van der Waals surface area (Å²) in [6, 6.07) is 8.25. The fourth-order valence-corrected chi connectivity index (χ4v) is 6.08. The number of halogens is 1. The Bertz CT molecular complexity index is 1800. The van der Waals surface area contributed by atoms with Gasteiger partial charge in [0.25, 0.3) is 5.91 Å². The SMILES string of the molecule is CC.CCCCC(C)CCNC(=O)c1cn2c3c(c(N4CCC(c5cnccn5)C4)c(F)cc3c1=O)Oc1ccc(C#N)cc1-2. The molecule has 1 saturated heterocycles. The van der Waals surface area contributed by atoms with Crippen LogP contribution in [-0.2, 0) is 0 Å². The number of ether oxygens (including phenoxy) is 1. The normalized spacial score (nSPS) is 15.4. The van der Waals surface area contributed by atoms with Gasteiger partial charge in [0, 0.05) is 50.3 Å².